The molecule has 1 saturated carbocycles. The van der Waals surface area contributed by atoms with Crippen LogP contribution >= 0.6 is 11.6 Å². The molecule has 202 valence electrons. The smallest absolute Gasteiger partial charge is 0.275 e. The first-order chi connectivity index (χ1) is 17.9. The van der Waals surface area contributed by atoms with Crippen LogP contribution in [0.4, 0.5) is 0 Å². The van der Waals surface area contributed by atoms with Crippen LogP contribution < -0.4 is 22.4 Å². The Morgan fingerprint density at radius 2 is 1.84 bits per heavy atom. The maximum absolute atomic E-state index is 14.0. The van der Waals surface area contributed by atoms with Crippen molar-refractivity contribution in [3.8, 4) is 0 Å². The Morgan fingerprint density at radius 3 is 2.42 bits per heavy atom. The minimum Gasteiger partial charge on any atom is -0.368 e. The highest BCUT2D eigenvalue weighted by molar-refractivity contribution is 6.47. The molecule has 1 aliphatic carbocycles. The molecule has 1 unspecified atom stereocenters. The summed E-state index contributed by atoms with van der Waals surface area (Å²) in [5.74, 6) is 5.00. The molecular weight excluding hydrogens is 502 g/mol. The fourth-order valence-corrected chi connectivity index (χ4v) is 5.81. The van der Waals surface area contributed by atoms with E-state index in [0.29, 0.717) is 22.2 Å². The summed E-state index contributed by atoms with van der Waals surface area (Å²) in [6, 6.07) is 14.2. The van der Waals surface area contributed by atoms with Crippen LogP contribution in [0.15, 0.2) is 58.6 Å². The number of aliphatic imine (C=N–C) groups is 1. The van der Waals surface area contributed by atoms with Crippen LogP contribution in [0.25, 0.3) is 0 Å². The number of nitrogens with zero attached hydrogens (tertiary/aromatic N) is 3. The molecule has 1 aliphatic heterocycles. The number of amides is 2. The van der Waals surface area contributed by atoms with Crippen molar-refractivity contribution >= 4 is 35.1 Å². The molecule has 4 rings (SSSR count). The van der Waals surface area contributed by atoms with Crippen molar-refractivity contribution in [2.24, 2.45) is 33.0 Å². The van der Waals surface area contributed by atoms with Crippen molar-refractivity contribution in [2.45, 2.75) is 65.1 Å². The van der Waals surface area contributed by atoms with Crippen molar-refractivity contribution in [1.29, 1.82) is 0 Å². The number of hydrogen-bond acceptors (Lipinski definition) is 6. The predicted molar refractivity (Wildman–Crippen MR) is 150 cm³/mol. The molecule has 10 heteroatoms. The molecule has 9 nitrogen and oxygen atoms in total. The average molecular weight is 538 g/mol. The number of nitrogens with one attached hydrogen (secondary N) is 2. The van der Waals surface area contributed by atoms with E-state index in [2.05, 4.69) is 31.2 Å². The van der Waals surface area contributed by atoms with Gasteiger partial charge in [0.1, 0.15) is 11.4 Å². The number of nitrogens with two attached hydrogens (primary N) is 2. The van der Waals surface area contributed by atoms with E-state index in [4.69, 9.17) is 28.2 Å². The standard InChI is InChI=1S/C28H36ClN7O2/c1-17(18-8-10-19(11-9-18)24(37)32-26(30)34-35-31)36-25(38)23(20-6-5-7-22(29)16-20)33-28(36)14-12-21(13-15-28)27(2,3)4/h5-11,16-17,21,35H,12-15,31H2,1-4H3,(H3,30,32,34,37). The molecule has 2 amide bonds. The van der Waals surface area contributed by atoms with Crippen LogP contribution in [0.5, 0.6) is 0 Å². The molecule has 0 aromatic heterocycles. The van der Waals surface area contributed by atoms with E-state index >= 15 is 0 Å². The summed E-state index contributed by atoms with van der Waals surface area (Å²) in [6.45, 7) is 8.85. The maximum atomic E-state index is 14.0. The highest BCUT2D eigenvalue weighted by Crippen LogP contribution is 2.49. The summed E-state index contributed by atoms with van der Waals surface area (Å²) in [7, 11) is 0. The van der Waals surface area contributed by atoms with Crippen molar-refractivity contribution < 1.29 is 9.59 Å². The minimum atomic E-state index is -0.619. The fourth-order valence-electron chi connectivity index (χ4n) is 5.62. The SMILES string of the molecule is CC(c1ccc(C(=O)NC(N)=NNN)cc1)N1C(=O)C(c2cccc(Cl)c2)=NC12CCC(C(C)(C)C)CC2. The van der Waals surface area contributed by atoms with Gasteiger partial charge < -0.3 is 10.6 Å². The lowest BCUT2D eigenvalue weighted by Crippen LogP contribution is -2.50. The van der Waals surface area contributed by atoms with Crippen LogP contribution in [0.1, 0.15) is 80.9 Å². The van der Waals surface area contributed by atoms with E-state index in [1.165, 1.54) is 0 Å². The molecule has 0 saturated heterocycles. The quantitative estimate of drug-likeness (QED) is 0.197. The summed E-state index contributed by atoms with van der Waals surface area (Å²) in [5.41, 5.74) is 9.70. The summed E-state index contributed by atoms with van der Waals surface area (Å²) < 4.78 is 0. The number of carbonyl (C=O) groups excluding carboxylic acids is 2. The van der Waals surface area contributed by atoms with E-state index in [1.54, 1.807) is 24.3 Å². The van der Waals surface area contributed by atoms with Gasteiger partial charge in [-0.3, -0.25) is 19.9 Å². The zero-order chi connectivity index (χ0) is 27.7. The summed E-state index contributed by atoms with van der Waals surface area (Å²) >= 11 is 6.26. The van der Waals surface area contributed by atoms with Crippen molar-refractivity contribution in [3.05, 3.63) is 70.2 Å². The van der Waals surface area contributed by atoms with Gasteiger partial charge in [-0.25, -0.2) is 11.4 Å². The number of hydrazone groups is 1. The molecule has 0 bridgehead atoms. The number of guanidine groups is 1. The van der Waals surface area contributed by atoms with Crippen molar-refractivity contribution in [2.75, 3.05) is 0 Å². The van der Waals surface area contributed by atoms with Crippen LogP contribution in [0.3, 0.4) is 0 Å². The zero-order valence-corrected chi connectivity index (χ0v) is 23.0. The molecule has 1 spiro atoms. The molecule has 1 fully saturated rings. The van der Waals surface area contributed by atoms with Crippen LogP contribution in [-0.2, 0) is 4.79 Å². The zero-order valence-electron chi connectivity index (χ0n) is 22.3. The molecule has 6 N–H and O–H groups in total. The molecule has 38 heavy (non-hydrogen) atoms. The third-order valence-corrected chi connectivity index (χ3v) is 8.00. The Labute approximate surface area is 228 Å². The van der Waals surface area contributed by atoms with E-state index in [1.807, 2.05) is 41.6 Å². The molecular formula is C28H36ClN7O2. The highest BCUT2D eigenvalue weighted by Gasteiger charge is 2.51. The molecule has 2 aromatic rings. The second kappa shape index (κ2) is 10.7. The molecule has 1 heterocycles. The second-order valence-electron chi connectivity index (χ2n) is 11.1. The van der Waals surface area contributed by atoms with E-state index in [-0.39, 0.29) is 23.3 Å². The Kier molecular flexibility index (Phi) is 7.80. The normalized spacial score (nSPS) is 22.8. The van der Waals surface area contributed by atoms with E-state index in [0.717, 1.165) is 36.8 Å². The van der Waals surface area contributed by atoms with Crippen molar-refractivity contribution in [1.82, 2.24) is 15.8 Å². The lowest BCUT2D eigenvalue weighted by atomic mass is 9.69. The van der Waals surface area contributed by atoms with Gasteiger partial charge in [0, 0.05) is 16.1 Å². The average Bonchev–Trinajstić information content (AvgIpc) is 3.14. The summed E-state index contributed by atoms with van der Waals surface area (Å²) in [5, 5.41) is 6.55. The Balaban J connectivity index is 1.64. The molecule has 2 aromatic carbocycles. The molecule has 1 atom stereocenters. The summed E-state index contributed by atoms with van der Waals surface area (Å²) in [4.78, 5) is 33.5. The van der Waals surface area contributed by atoms with Gasteiger partial charge in [0.25, 0.3) is 11.8 Å². The minimum absolute atomic E-state index is 0.103. The van der Waals surface area contributed by atoms with Crippen LogP contribution in [0, 0.1) is 11.3 Å². The first kappa shape index (κ1) is 27.6. The van der Waals surface area contributed by atoms with Crippen LogP contribution in [-0.4, -0.2) is 34.0 Å². The Hall–Kier alpha value is -3.43. The van der Waals surface area contributed by atoms with Gasteiger partial charge in [-0.2, -0.15) is 0 Å². The van der Waals surface area contributed by atoms with E-state index in [9.17, 15) is 9.59 Å². The Bertz CT molecular complexity index is 1260. The van der Waals surface area contributed by atoms with Gasteiger partial charge in [0.15, 0.2) is 0 Å². The highest BCUT2D eigenvalue weighted by atomic mass is 35.5. The number of rotatable bonds is 5. The fraction of sp³-hybridized carbons (Fsp3) is 0.429. The van der Waals surface area contributed by atoms with Gasteiger partial charge in [-0.1, -0.05) is 56.6 Å². The largest absolute Gasteiger partial charge is 0.368 e. The maximum Gasteiger partial charge on any atom is 0.275 e. The first-order valence-corrected chi connectivity index (χ1v) is 13.2. The lowest BCUT2D eigenvalue weighted by molar-refractivity contribution is -0.132. The number of hydrazine groups is 1. The molecule has 2 aliphatic rings. The van der Waals surface area contributed by atoms with Gasteiger partial charge in [-0.05, 0) is 73.8 Å². The molecule has 0 radical (unpaired) electrons. The van der Waals surface area contributed by atoms with Gasteiger partial charge in [0.2, 0.25) is 5.96 Å². The number of halogens is 1. The van der Waals surface area contributed by atoms with Gasteiger partial charge >= 0.3 is 0 Å². The third kappa shape index (κ3) is 5.54. The monoisotopic (exact) mass is 537 g/mol. The third-order valence-electron chi connectivity index (χ3n) is 7.77. The van der Waals surface area contributed by atoms with Gasteiger partial charge in [0.05, 0.1) is 6.04 Å². The number of benzene rings is 2. The second-order valence-corrected chi connectivity index (χ2v) is 11.6. The van der Waals surface area contributed by atoms with Gasteiger partial charge in [-0.15, -0.1) is 5.10 Å². The summed E-state index contributed by atoms with van der Waals surface area (Å²) in [6.07, 6.45) is 3.57. The lowest BCUT2D eigenvalue weighted by Gasteiger charge is -2.46. The van der Waals surface area contributed by atoms with Crippen LogP contribution in [0.2, 0.25) is 5.02 Å². The number of hydrogen-bond donors (Lipinski definition) is 4. The first-order valence-electron chi connectivity index (χ1n) is 12.8. The number of carbonyl (C=O) groups is 2. The topological polar surface area (TPSA) is 138 Å². The predicted octanol–water partition coefficient (Wildman–Crippen LogP) is 4.09. The van der Waals surface area contributed by atoms with E-state index < -0.39 is 11.6 Å². The van der Waals surface area contributed by atoms with Crippen molar-refractivity contribution in [3.63, 3.8) is 0 Å². The Morgan fingerprint density at radius 1 is 1.18 bits per heavy atom.